The van der Waals surface area contributed by atoms with Crippen molar-refractivity contribution in [1.82, 2.24) is 4.57 Å². The standard InChI is InChI=1S/C13H14ClNO/c1-9-8-10(16-3)4-5-11(9)12-6-7-13(14)15(12)2/h4-8H,1-3H3. The second-order valence-corrected chi connectivity index (χ2v) is 4.17. The average molecular weight is 236 g/mol. The molecule has 0 bridgehead atoms. The van der Waals surface area contributed by atoms with Crippen molar-refractivity contribution < 1.29 is 4.74 Å². The van der Waals surface area contributed by atoms with Crippen molar-refractivity contribution >= 4 is 11.6 Å². The van der Waals surface area contributed by atoms with E-state index in [0.717, 1.165) is 16.6 Å². The molecule has 1 aromatic heterocycles. The number of aromatic nitrogens is 1. The number of benzene rings is 1. The Balaban J connectivity index is 2.52. The van der Waals surface area contributed by atoms with Crippen molar-refractivity contribution in [2.75, 3.05) is 7.11 Å². The van der Waals surface area contributed by atoms with E-state index in [9.17, 15) is 0 Å². The minimum Gasteiger partial charge on any atom is -0.497 e. The zero-order valence-corrected chi connectivity index (χ0v) is 10.4. The fourth-order valence-electron chi connectivity index (χ4n) is 1.81. The van der Waals surface area contributed by atoms with E-state index in [4.69, 9.17) is 16.3 Å². The fraction of sp³-hybridized carbons (Fsp3) is 0.231. The SMILES string of the molecule is COc1ccc(-c2ccc(Cl)n2C)c(C)c1. The molecule has 0 spiro atoms. The number of halogens is 1. The van der Waals surface area contributed by atoms with Crippen LogP contribution >= 0.6 is 11.6 Å². The summed E-state index contributed by atoms with van der Waals surface area (Å²) in [4.78, 5) is 0. The molecule has 0 atom stereocenters. The van der Waals surface area contributed by atoms with Crippen molar-refractivity contribution in [1.29, 1.82) is 0 Å². The molecule has 2 aromatic rings. The Bertz CT molecular complexity index is 517. The highest BCUT2D eigenvalue weighted by Crippen LogP contribution is 2.29. The van der Waals surface area contributed by atoms with Gasteiger partial charge in [-0.05, 0) is 42.8 Å². The molecular weight excluding hydrogens is 222 g/mol. The molecule has 0 unspecified atom stereocenters. The second kappa shape index (κ2) is 4.22. The monoisotopic (exact) mass is 235 g/mol. The number of aryl methyl sites for hydroxylation is 1. The van der Waals surface area contributed by atoms with Gasteiger partial charge in [-0.15, -0.1) is 0 Å². The predicted octanol–water partition coefficient (Wildman–Crippen LogP) is 3.66. The van der Waals surface area contributed by atoms with Crippen LogP contribution in [-0.4, -0.2) is 11.7 Å². The van der Waals surface area contributed by atoms with Crippen LogP contribution in [0.2, 0.25) is 5.15 Å². The summed E-state index contributed by atoms with van der Waals surface area (Å²) in [6.45, 7) is 2.07. The quantitative estimate of drug-likeness (QED) is 0.775. The van der Waals surface area contributed by atoms with Crippen molar-refractivity contribution in [2.24, 2.45) is 7.05 Å². The van der Waals surface area contributed by atoms with Gasteiger partial charge in [-0.1, -0.05) is 11.6 Å². The maximum atomic E-state index is 6.03. The minimum atomic E-state index is 0.741. The van der Waals surface area contributed by atoms with Crippen LogP contribution in [0.15, 0.2) is 30.3 Å². The molecule has 16 heavy (non-hydrogen) atoms. The van der Waals surface area contributed by atoms with Gasteiger partial charge in [-0.2, -0.15) is 0 Å². The van der Waals surface area contributed by atoms with Gasteiger partial charge in [0.15, 0.2) is 0 Å². The molecule has 0 saturated carbocycles. The van der Waals surface area contributed by atoms with Crippen molar-refractivity contribution in [3.8, 4) is 17.0 Å². The maximum Gasteiger partial charge on any atom is 0.119 e. The van der Waals surface area contributed by atoms with Gasteiger partial charge in [0.05, 0.1) is 7.11 Å². The Morgan fingerprint density at radius 3 is 2.44 bits per heavy atom. The normalized spacial score (nSPS) is 10.5. The number of rotatable bonds is 2. The van der Waals surface area contributed by atoms with Gasteiger partial charge in [-0.25, -0.2) is 0 Å². The smallest absolute Gasteiger partial charge is 0.119 e. The van der Waals surface area contributed by atoms with Gasteiger partial charge in [0.25, 0.3) is 0 Å². The Labute approximate surface area is 100 Å². The zero-order chi connectivity index (χ0) is 11.7. The minimum absolute atomic E-state index is 0.741. The molecular formula is C13H14ClNO. The van der Waals surface area contributed by atoms with E-state index < -0.39 is 0 Å². The topological polar surface area (TPSA) is 14.2 Å². The van der Waals surface area contributed by atoms with Crippen molar-refractivity contribution in [2.45, 2.75) is 6.92 Å². The highest BCUT2D eigenvalue weighted by molar-refractivity contribution is 6.29. The van der Waals surface area contributed by atoms with Gasteiger partial charge in [0.2, 0.25) is 0 Å². The molecule has 1 aromatic carbocycles. The molecule has 0 aliphatic carbocycles. The number of hydrogen-bond donors (Lipinski definition) is 0. The molecule has 1 heterocycles. The van der Waals surface area contributed by atoms with Crippen molar-refractivity contribution in [3.63, 3.8) is 0 Å². The Kier molecular flexibility index (Phi) is 2.92. The summed E-state index contributed by atoms with van der Waals surface area (Å²) in [6.07, 6.45) is 0. The summed E-state index contributed by atoms with van der Waals surface area (Å²) in [7, 11) is 3.63. The molecule has 0 fully saturated rings. The third kappa shape index (κ3) is 1.81. The fourth-order valence-corrected chi connectivity index (χ4v) is 1.96. The zero-order valence-electron chi connectivity index (χ0n) is 9.62. The number of hydrogen-bond acceptors (Lipinski definition) is 1. The summed E-state index contributed by atoms with van der Waals surface area (Å²) >= 11 is 6.03. The van der Waals surface area contributed by atoms with Crippen LogP contribution in [0.5, 0.6) is 5.75 Å². The molecule has 3 heteroatoms. The molecule has 0 aliphatic rings. The third-order valence-electron chi connectivity index (χ3n) is 2.77. The van der Waals surface area contributed by atoms with Gasteiger partial charge in [0, 0.05) is 18.3 Å². The molecule has 2 nitrogen and oxygen atoms in total. The van der Waals surface area contributed by atoms with E-state index in [-0.39, 0.29) is 0 Å². The maximum absolute atomic E-state index is 6.03. The Morgan fingerprint density at radius 1 is 1.19 bits per heavy atom. The average Bonchev–Trinajstić information content (AvgIpc) is 2.60. The lowest BCUT2D eigenvalue weighted by Gasteiger charge is -2.09. The summed E-state index contributed by atoms with van der Waals surface area (Å²) in [5, 5.41) is 0.741. The van der Waals surface area contributed by atoms with Crippen LogP contribution in [0, 0.1) is 6.92 Å². The van der Waals surface area contributed by atoms with E-state index in [1.807, 2.05) is 35.9 Å². The summed E-state index contributed by atoms with van der Waals surface area (Å²) in [5.74, 6) is 0.876. The van der Waals surface area contributed by atoms with Crippen LogP contribution in [-0.2, 0) is 7.05 Å². The van der Waals surface area contributed by atoms with E-state index in [1.54, 1.807) is 7.11 Å². The first-order valence-corrected chi connectivity index (χ1v) is 5.47. The lowest BCUT2D eigenvalue weighted by Crippen LogP contribution is -1.94. The number of methoxy groups -OCH3 is 1. The van der Waals surface area contributed by atoms with Crippen LogP contribution in [0.4, 0.5) is 0 Å². The Hall–Kier alpha value is -1.41. The van der Waals surface area contributed by atoms with Gasteiger partial charge >= 0.3 is 0 Å². The molecule has 0 radical (unpaired) electrons. The first-order valence-electron chi connectivity index (χ1n) is 5.09. The predicted molar refractivity (Wildman–Crippen MR) is 67.1 cm³/mol. The first kappa shape index (κ1) is 11.1. The largest absolute Gasteiger partial charge is 0.497 e. The highest BCUT2D eigenvalue weighted by atomic mass is 35.5. The lowest BCUT2D eigenvalue weighted by molar-refractivity contribution is 0.414. The highest BCUT2D eigenvalue weighted by Gasteiger charge is 2.08. The van der Waals surface area contributed by atoms with Crippen LogP contribution in [0.25, 0.3) is 11.3 Å². The second-order valence-electron chi connectivity index (χ2n) is 3.78. The lowest BCUT2D eigenvalue weighted by atomic mass is 10.1. The molecule has 0 aliphatic heterocycles. The molecule has 0 N–H and O–H groups in total. The van der Waals surface area contributed by atoms with E-state index in [0.29, 0.717) is 0 Å². The van der Waals surface area contributed by atoms with E-state index in [1.165, 1.54) is 11.1 Å². The molecule has 0 saturated heterocycles. The van der Waals surface area contributed by atoms with Crippen LogP contribution < -0.4 is 4.74 Å². The molecule has 84 valence electrons. The summed E-state index contributed by atoms with van der Waals surface area (Å²) in [6, 6.07) is 9.97. The van der Waals surface area contributed by atoms with E-state index in [2.05, 4.69) is 13.0 Å². The van der Waals surface area contributed by atoms with Crippen LogP contribution in [0.3, 0.4) is 0 Å². The number of nitrogens with zero attached hydrogens (tertiary/aromatic N) is 1. The van der Waals surface area contributed by atoms with Gasteiger partial charge in [-0.3, -0.25) is 0 Å². The number of ether oxygens (including phenoxy) is 1. The van der Waals surface area contributed by atoms with E-state index >= 15 is 0 Å². The summed E-state index contributed by atoms with van der Waals surface area (Å²) < 4.78 is 7.16. The molecule has 2 rings (SSSR count). The third-order valence-corrected chi connectivity index (χ3v) is 3.15. The van der Waals surface area contributed by atoms with Crippen LogP contribution in [0.1, 0.15) is 5.56 Å². The van der Waals surface area contributed by atoms with Crippen molar-refractivity contribution in [3.05, 3.63) is 41.0 Å². The Morgan fingerprint density at radius 2 is 1.94 bits per heavy atom. The van der Waals surface area contributed by atoms with Gasteiger partial charge in [0.1, 0.15) is 10.9 Å². The molecule has 0 amide bonds. The first-order chi connectivity index (χ1) is 7.63. The summed E-state index contributed by atoms with van der Waals surface area (Å²) in [5.41, 5.74) is 3.47. The van der Waals surface area contributed by atoms with Gasteiger partial charge < -0.3 is 9.30 Å².